The Bertz CT molecular complexity index is 205. The normalized spacial score (nSPS) is 13.5. The number of unbranched alkanes of at least 4 members (excludes halogenated alkanes) is 1. The lowest BCUT2D eigenvalue weighted by Crippen LogP contribution is -2.37. The molecular weight excluding hydrogens is 172 g/mol. The molecule has 0 fully saturated rings. The van der Waals surface area contributed by atoms with Crippen LogP contribution in [0.25, 0.3) is 0 Å². The molecule has 0 bridgehead atoms. The maximum atomic E-state index is 10.2. The van der Waals surface area contributed by atoms with Crippen LogP contribution in [0.3, 0.4) is 0 Å². The highest BCUT2D eigenvalue weighted by Crippen LogP contribution is 2.16. The van der Waals surface area contributed by atoms with Crippen molar-refractivity contribution >= 4 is 10.1 Å². The van der Waals surface area contributed by atoms with E-state index < -0.39 is 15.2 Å². The summed E-state index contributed by atoms with van der Waals surface area (Å²) in [6, 6.07) is 0. The number of hydrogen-bond acceptors (Lipinski definition) is 4. The minimum atomic E-state index is -4.76. The lowest BCUT2D eigenvalue weighted by atomic mass is 10.2. The van der Waals surface area contributed by atoms with Crippen molar-refractivity contribution in [3.8, 4) is 0 Å². The van der Waals surface area contributed by atoms with Gasteiger partial charge < -0.3 is 10.2 Å². The fourth-order valence-electron chi connectivity index (χ4n) is 0.536. The fourth-order valence-corrected chi connectivity index (χ4v) is 0.938. The number of rotatable bonds is 4. The van der Waals surface area contributed by atoms with E-state index in [0.29, 0.717) is 12.8 Å². The van der Waals surface area contributed by atoms with Crippen molar-refractivity contribution in [3.05, 3.63) is 0 Å². The van der Waals surface area contributed by atoms with Crippen molar-refractivity contribution in [1.82, 2.24) is 0 Å². The van der Waals surface area contributed by atoms with Crippen molar-refractivity contribution in [2.75, 3.05) is 0 Å². The van der Waals surface area contributed by atoms with E-state index in [1.54, 1.807) is 6.92 Å². The smallest absolute Gasteiger partial charge is 0.321 e. The molecule has 0 rings (SSSR count). The van der Waals surface area contributed by atoms with Gasteiger partial charge in [0.05, 0.1) is 0 Å². The van der Waals surface area contributed by atoms with Gasteiger partial charge in [-0.25, -0.2) is 0 Å². The van der Waals surface area contributed by atoms with Crippen molar-refractivity contribution in [2.24, 2.45) is 0 Å². The van der Waals surface area contributed by atoms with Crippen LogP contribution in [0.1, 0.15) is 26.2 Å². The Morgan fingerprint density at radius 2 is 1.82 bits per heavy atom. The molecule has 0 aromatic heterocycles. The van der Waals surface area contributed by atoms with E-state index in [4.69, 9.17) is 14.8 Å². The Balaban J connectivity index is 4.24. The van der Waals surface area contributed by atoms with Crippen LogP contribution in [-0.4, -0.2) is 28.3 Å². The standard InChI is InChI=1S/C5H12O5S/c1-2-3-4-5(6,7)11(8,9)10/h6-7H,2-4H2,1H3,(H,8,9,10). The summed E-state index contributed by atoms with van der Waals surface area (Å²) < 4.78 is 28.7. The molecule has 0 aliphatic carbocycles. The van der Waals surface area contributed by atoms with Gasteiger partial charge in [-0.05, 0) is 6.42 Å². The first-order valence-corrected chi connectivity index (χ1v) is 4.67. The summed E-state index contributed by atoms with van der Waals surface area (Å²) in [7, 11) is -4.76. The van der Waals surface area contributed by atoms with E-state index in [2.05, 4.69) is 0 Å². The summed E-state index contributed by atoms with van der Waals surface area (Å²) in [5.41, 5.74) is 0. The quantitative estimate of drug-likeness (QED) is 0.412. The molecule has 0 heterocycles. The molecule has 0 saturated heterocycles. The SMILES string of the molecule is CCCCC(O)(O)S(=O)(=O)O. The molecule has 0 saturated carbocycles. The van der Waals surface area contributed by atoms with Crippen molar-refractivity contribution in [3.63, 3.8) is 0 Å². The summed E-state index contributed by atoms with van der Waals surface area (Å²) in [4.78, 5) is 0. The lowest BCUT2D eigenvalue weighted by molar-refractivity contribution is -0.0970. The Labute approximate surface area is 65.4 Å². The maximum Gasteiger partial charge on any atom is 0.321 e. The van der Waals surface area contributed by atoms with Gasteiger partial charge >= 0.3 is 10.1 Å². The Morgan fingerprint density at radius 1 is 1.36 bits per heavy atom. The van der Waals surface area contributed by atoms with Gasteiger partial charge in [0, 0.05) is 6.42 Å². The van der Waals surface area contributed by atoms with Gasteiger partial charge in [0.1, 0.15) is 0 Å². The third-order valence-electron chi connectivity index (χ3n) is 1.27. The van der Waals surface area contributed by atoms with Crippen molar-refractivity contribution < 1.29 is 23.2 Å². The number of hydrogen-bond donors (Lipinski definition) is 3. The van der Waals surface area contributed by atoms with Gasteiger partial charge in [-0.2, -0.15) is 8.42 Å². The van der Waals surface area contributed by atoms with Crippen LogP contribution in [0.4, 0.5) is 0 Å². The molecule has 0 amide bonds. The highest BCUT2D eigenvalue weighted by molar-refractivity contribution is 7.86. The molecule has 0 aliphatic heterocycles. The summed E-state index contributed by atoms with van der Waals surface area (Å²) in [6.45, 7) is 1.76. The number of aliphatic hydroxyl groups is 2. The molecule has 0 aliphatic rings. The van der Waals surface area contributed by atoms with Crippen LogP contribution >= 0.6 is 0 Å². The third kappa shape index (κ3) is 3.15. The third-order valence-corrected chi connectivity index (χ3v) is 2.30. The van der Waals surface area contributed by atoms with Crippen molar-refractivity contribution in [1.29, 1.82) is 0 Å². The summed E-state index contributed by atoms with van der Waals surface area (Å²) in [6.07, 6.45) is 0.577. The monoisotopic (exact) mass is 184 g/mol. The van der Waals surface area contributed by atoms with Crippen LogP contribution in [-0.2, 0) is 10.1 Å². The second-order valence-electron chi connectivity index (χ2n) is 2.32. The average Bonchev–Trinajstić information content (AvgIpc) is 1.81. The molecule has 0 aromatic rings. The molecule has 3 N–H and O–H groups in total. The van der Waals surface area contributed by atoms with Crippen molar-refractivity contribution in [2.45, 2.75) is 31.3 Å². The van der Waals surface area contributed by atoms with E-state index in [-0.39, 0.29) is 6.42 Å². The molecule has 0 unspecified atom stereocenters. The Kier molecular flexibility index (Phi) is 3.43. The average molecular weight is 184 g/mol. The molecule has 0 radical (unpaired) electrons. The first kappa shape index (κ1) is 10.8. The maximum absolute atomic E-state index is 10.2. The summed E-state index contributed by atoms with van der Waals surface area (Å²) >= 11 is 0. The Morgan fingerprint density at radius 3 is 2.09 bits per heavy atom. The minimum absolute atomic E-state index is 0.326. The zero-order valence-electron chi connectivity index (χ0n) is 6.19. The first-order chi connectivity index (χ1) is 4.81. The second-order valence-corrected chi connectivity index (χ2v) is 3.93. The molecule has 6 heteroatoms. The van der Waals surface area contributed by atoms with Crippen LogP contribution < -0.4 is 0 Å². The van der Waals surface area contributed by atoms with Crippen LogP contribution in [0.5, 0.6) is 0 Å². The molecular formula is C5H12O5S. The fraction of sp³-hybridized carbons (Fsp3) is 1.00. The van der Waals surface area contributed by atoms with Gasteiger partial charge in [-0.3, -0.25) is 4.55 Å². The zero-order chi connectivity index (χ0) is 9.12. The molecule has 0 spiro atoms. The van der Waals surface area contributed by atoms with E-state index in [0.717, 1.165) is 0 Å². The topological polar surface area (TPSA) is 94.8 Å². The molecule has 0 aromatic carbocycles. The zero-order valence-corrected chi connectivity index (χ0v) is 7.00. The minimum Gasteiger partial charge on any atom is -0.352 e. The molecule has 0 atom stereocenters. The van der Waals surface area contributed by atoms with E-state index in [1.807, 2.05) is 0 Å². The van der Waals surface area contributed by atoms with Gasteiger partial charge in [-0.15, -0.1) is 0 Å². The van der Waals surface area contributed by atoms with Gasteiger partial charge in [0.2, 0.25) is 0 Å². The van der Waals surface area contributed by atoms with Gasteiger partial charge in [0.15, 0.2) is 0 Å². The second kappa shape index (κ2) is 3.48. The van der Waals surface area contributed by atoms with Gasteiger partial charge in [-0.1, -0.05) is 13.3 Å². The Hall–Kier alpha value is -0.170. The highest BCUT2D eigenvalue weighted by Gasteiger charge is 2.37. The van der Waals surface area contributed by atoms with E-state index >= 15 is 0 Å². The predicted octanol–water partition coefficient (Wildman–Crippen LogP) is -0.297. The summed E-state index contributed by atoms with van der Waals surface area (Å²) in [5.74, 6) is 0. The van der Waals surface area contributed by atoms with Crippen LogP contribution in [0.2, 0.25) is 0 Å². The highest BCUT2D eigenvalue weighted by atomic mass is 32.2. The molecule has 68 valence electrons. The summed E-state index contributed by atoms with van der Waals surface area (Å²) in [5, 5.41) is 14.4. The lowest BCUT2D eigenvalue weighted by Gasteiger charge is -2.16. The molecule has 11 heavy (non-hydrogen) atoms. The van der Waals surface area contributed by atoms with Crippen LogP contribution in [0, 0.1) is 0 Å². The van der Waals surface area contributed by atoms with Crippen LogP contribution in [0.15, 0.2) is 0 Å². The largest absolute Gasteiger partial charge is 0.352 e. The van der Waals surface area contributed by atoms with E-state index in [9.17, 15) is 8.42 Å². The van der Waals surface area contributed by atoms with Gasteiger partial charge in [0.25, 0.3) is 5.12 Å². The predicted molar refractivity (Wildman–Crippen MR) is 38.2 cm³/mol. The van der Waals surface area contributed by atoms with E-state index in [1.165, 1.54) is 0 Å². The molecule has 5 nitrogen and oxygen atoms in total. The first-order valence-electron chi connectivity index (χ1n) is 3.23.